The van der Waals surface area contributed by atoms with E-state index in [0.717, 1.165) is 16.5 Å². The number of nitrogens with zero attached hydrogens (tertiary/aromatic N) is 7. The van der Waals surface area contributed by atoms with E-state index in [0.29, 0.717) is 23.0 Å². The number of anilines is 1. The zero-order chi connectivity index (χ0) is 20.7. The van der Waals surface area contributed by atoms with Crippen LogP contribution in [0.15, 0.2) is 55.2 Å². The molecule has 0 atom stereocenters. The number of benzene rings is 1. The molecule has 10 heteroatoms. The lowest BCUT2D eigenvalue weighted by Gasteiger charge is -2.12. The van der Waals surface area contributed by atoms with Crippen LogP contribution in [0, 0.1) is 0 Å². The predicted molar refractivity (Wildman–Crippen MR) is 107 cm³/mol. The summed E-state index contributed by atoms with van der Waals surface area (Å²) in [4.78, 5) is 17.2. The Balaban J connectivity index is 1.76. The number of rotatable bonds is 4. The molecule has 1 N–H and O–H groups in total. The van der Waals surface area contributed by atoms with E-state index in [4.69, 9.17) is 0 Å². The van der Waals surface area contributed by atoms with Gasteiger partial charge >= 0.3 is 0 Å². The standard InChI is InChI=1S/C20H14F2N8/c1-23-19-16-11(4-2-6-15(16)30-10-26-29-20(30)28-19)13-8-24-9-14(27-13)12-5-3-7-25-17(12)18(21)22/h2-10,18H,1H3,(H,23,28,29). The molecule has 5 rings (SSSR count). The van der Waals surface area contributed by atoms with Crippen LogP contribution in [0.4, 0.5) is 14.6 Å². The molecule has 5 aromatic rings. The van der Waals surface area contributed by atoms with Crippen molar-refractivity contribution < 1.29 is 8.78 Å². The van der Waals surface area contributed by atoms with Crippen LogP contribution in [-0.4, -0.2) is 41.6 Å². The molecule has 0 radical (unpaired) electrons. The molecule has 4 aromatic heterocycles. The van der Waals surface area contributed by atoms with Gasteiger partial charge in [0.15, 0.2) is 0 Å². The van der Waals surface area contributed by atoms with Gasteiger partial charge in [-0.25, -0.2) is 13.8 Å². The van der Waals surface area contributed by atoms with E-state index in [1.165, 1.54) is 12.4 Å². The van der Waals surface area contributed by atoms with Gasteiger partial charge in [0.1, 0.15) is 17.8 Å². The van der Waals surface area contributed by atoms with Gasteiger partial charge in [0.25, 0.3) is 12.2 Å². The molecule has 0 spiro atoms. The lowest BCUT2D eigenvalue weighted by Crippen LogP contribution is -2.01. The zero-order valence-corrected chi connectivity index (χ0v) is 15.7. The first-order valence-electron chi connectivity index (χ1n) is 9.03. The molecule has 0 saturated carbocycles. The maximum absolute atomic E-state index is 13.4. The number of aromatic nitrogens is 7. The van der Waals surface area contributed by atoms with Crippen LogP contribution < -0.4 is 5.32 Å². The number of alkyl halides is 2. The van der Waals surface area contributed by atoms with E-state index in [1.54, 1.807) is 36.1 Å². The van der Waals surface area contributed by atoms with Gasteiger partial charge in [-0.3, -0.25) is 14.4 Å². The Hall–Kier alpha value is -4.08. The van der Waals surface area contributed by atoms with Gasteiger partial charge in [-0.05, 0) is 18.2 Å². The average molecular weight is 404 g/mol. The fourth-order valence-electron chi connectivity index (χ4n) is 3.45. The lowest BCUT2D eigenvalue weighted by atomic mass is 10.0. The van der Waals surface area contributed by atoms with Gasteiger partial charge in [0, 0.05) is 24.4 Å². The predicted octanol–water partition coefficient (Wildman–Crippen LogP) is 3.78. The molecule has 0 fully saturated rings. The van der Waals surface area contributed by atoms with Crippen molar-refractivity contribution in [3.63, 3.8) is 0 Å². The van der Waals surface area contributed by atoms with Gasteiger partial charge < -0.3 is 5.32 Å². The topological polar surface area (TPSA) is 93.8 Å². The first kappa shape index (κ1) is 18.0. The highest BCUT2D eigenvalue weighted by atomic mass is 19.3. The van der Waals surface area contributed by atoms with Crippen LogP contribution in [-0.2, 0) is 0 Å². The fraction of sp³-hybridized carbons (Fsp3) is 0.100. The second-order valence-corrected chi connectivity index (χ2v) is 6.44. The third-order valence-corrected chi connectivity index (χ3v) is 4.75. The van der Waals surface area contributed by atoms with Crippen molar-refractivity contribution >= 4 is 22.5 Å². The van der Waals surface area contributed by atoms with Crippen molar-refractivity contribution in [2.24, 2.45) is 0 Å². The van der Waals surface area contributed by atoms with Gasteiger partial charge in [-0.2, -0.15) is 4.98 Å². The van der Waals surface area contributed by atoms with Gasteiger partial charge in [-0.15, -0.1) is 10.2 Å². The largest absolute Gasteiger partial charge is 0.372 e. The van der Waals surface area contributed by atoms with Crippen LogP contribution in [0.1, 0.15) is 12.1 Å². The summed E-state index contributed by atoms with van der Waals surface area (Å²) < 4.78 is 28.6. The van der Waals surface area contributed by atoms with Crippen molar-refractivity contribution in [2.75, 3.05) is 12.4 Å². The number of hydrogen-bond donors (Lipinski definition) is 1. The van der Waals surface area contributed by atoms with E-state index < -0.39 is 6.43 Å². The first-order chi connectivity index (χ1) is 14.7. The van der Waals surface area contributed by atoms with E-state index in [2.05, 4.69) is 35.5 Å². The first-order valence-corrected chi connectivity index (χ1v) is 9.03. The Kier molecular flexibility index (Phi) is 4.24. The Morgan fingerprint density at radius 2 is 1.80 bits per heavy atom. The summed E-state index contributed by atoms with van der Waals surface area (Å²) in [6, 6.07) is 8.84. The average Bonchev–Trinajstić information content (AvgIpc) is 3.27. The van der Waals surface area contributed by atoms with E-state index in [-0.39, 0.29) is 11.3 Å². The van der Waals surface area contributed by atoms with E-state index in [9.17, 15) is 8.78 Å². The van der Waals surface area contributed by atoms with Crippen LogP contribution in [0.25, 0.3) is 39.2 Å². The van der Waals surface area contributed by atoms with Crippen molar-refractivity contribution in [1.29, 1.82) is 0 Å². The van der Waals surface area contributed by atoms with Gasteiger partial charge in [-0.1, -0.05) is 12.1 Å². The molecule has 0 aliphatic rings. The maximum Gasteiger partial charge on any atom is 0.281 e. The summed E-state index contributed by atoms with van der Waals surface area (Å²) in [7, 11) is 1.76. The van der Waals surface area contributed by atoms with Crippen LogP contribution in [0.5, 0.6) is 0 Å². The number of pyridine rings is 1. The van der Waals surface area contributed by atoms with E-state index in [1.807, 2.05) is 18.2 Å². The molecule has 0 bridgehead atoms. The SMILES string of the molecule is CNc1nc2nncn2c2cccc(-c3cncc(-c4cccnc4C(F)F)n3)c12. The Labute approximate surface area is 168 Å². The molecule has 8 nitrogen and oxygen atoms in total. The Morgan fingerprint density at radius 1 is 1.00 bits per heavy atom. The highest BCUT2D eigenvalue weighted by Crippen LogP contribution is 2.34. The Bertz CT molecular complexity index is 1380. The summed E-state index contributed by atoms with van der Waals surface area (Å²) in [5, 5.41) is 11.8. The van der Waals surface area contributed by atoms with Crippen LogP contribution in [0.3, 0.4) is 0 Å². The lowest BCUT2D eigenvalue weighted by molar-refractivity contribution is 0.147. The monoisotopic (exact) mass is 404 g/mol. The smallest absolute Gasteiger partial charge is 0.281 e. The summed E-state index contributed by atoms with van der Waals surface area (Å²) in [5.41, 5.74) is 2.33. The van der Waals surface area contributed by atoms with Gasteiger partial charge in [0.05, 0.1) is 34.7 Å². The molecule has 0 unspecified atom stereocenters. The minimum Gasteiger partial charge on any atom is -0.372 e. The molecule has 0 aliphatic heterocycles. The molecular weight excluding hydrogens is 390 g/mol. The summed E-state index contributed by atoms with van der Waals surface area (Å²) in [6.45, 7) is 0. The van der Waals surface area contributed by atoms with Crippen molar-refractivity contribution in [1.82, 2.24) is 34.5 Å². The molecule has 4 heterocycles. The highest BCUT2D eigenvalue weighted by molar-refractivity contribution is 6.02. The van der Waals surface area contributed by atoms with Crippen LogP contribution in [0.2, 0.25) is 0 Å². The minimum atomic E-state index is -2.72. The summed E-state index contributed by atoms with van der Waals surface area (Å²) in [5.74, 6) is 1.06. The molecule has 1 aromatic carbocycles. The van der Waals surface area contributed by atoms with Gasteiger partial charge in [0.2, 0.25) is 0 Å². The zero-order valence-electron chi connectivity index (χ0n) is 15.7. The van der Waals surface area contributed by atoms with Crippen molar-refractivity contribution in [3.05, 3.63) is 60.9 Å². The number of fused-ring (bicyclic) bond motifs is 3. The molecule has 0 aliphatic carbocycles. The fourth-order valence-corrected chi connectivity index (χ4v) is 3.45. The number of nitrogens with one attached hydrogen (secondary N) is 1. The number of halogens is 2. The Morgan fingerprint density at radius 3 is 2.60 bits per heavy atom. The molecule has 148 valence electrons. The molecule has 0 amide bonds. The quantitative estimate of drug-likeness (QED) is 0.487. The third-order valence-electron chi connectivity index (χ3n) is 4.75. The van der Waals surface area contributed by atoms with Crippen molar-refractivity contribution in [3.8, 4) is 22.5 Å². The number of hydrogen-bond acceptors (Lipinski definition) is 7. The highest BCUT2D eigenvalue weighted by Gasteiger charge is 2.19. The van der Waals surface area contributed by atoms with Crippen LogP contribution >= 0.6 is 0 Å². The minimum absolute atomic E-state index is 0.246. The third kappa shape index (κ3) is 2.81. The molecule has 30 heavy (non-hydrogen) atoms. The second-order valence-electron chi connectivity index (χ2n) is 6.44. The normalized spacial score (nSPS) is 11.5. The summed E-state index contributed by atoms with van der Waals surface area (Å²) >= 11 is 0. The van der Waals surface area contributed by atoms with E-state index >= 15 is 0 Å². The second kappa shape index (κ2) is 7.07. The van der Waals surface area contributed by atoms with Crippen molar-refractivity contribution in [2.45, 2.75) is 6.43 Å². The molecule has 0 saturated heterocycles. The summed E-state index contributed by atoms with van der Waals surface area (Å²) in [6.07, 6.45) is 3.24. The maximum atomic E-state index is 13.4. The molecular formula is C20H14F2N8.